The molecule has 0 aromatic carbocycles. The Labute approximate surface area is 82.5 Å². The van der Waals surface area contributed by atoms with E-state index >= 15 is 0 Å². The van der Waals surface area contributed by atoms with Crippen molar-refractivity contribution in [1.82, 2.24) is 4.98 Å². The van der Waals surface area contributed by atoms with Crippen molar-refractivity contribution in [3.05, 3.63) is 24.4 Å². The lowest BCUT2D eigenvalue weighted by Crippen LogP contribution is -2.22. The zero-order valence-corrected chi connectivity index (χ0v) is 8.44. The molecule has 0 aliphatic carbocycles. The molecule has 78 valence electrons. The van der Waals surface area contributed by atoms with Crippen molar-refractivity contribution in [3.63, 3.8) is 0 Å². The third kappa shape index (κ3) is 3.71. The topological polar surface area (TPSA) is 76.5 Å². The second-order valence-corrected chi connectivity index (χ2v) is 4.44. The third-order valence-electron chi connectivity index (χ3n) is 1.30. The maximum atomic E-state index is 11.2. The summed E-state index contributed by atoms with van der Waals surface area (Å²) in [6, 6.07) is 4.69. The van der Waals surface area contributed by atoms with Gasteiger partial charge in [-0.2, -0.15) is 8.42 Å². The molecule has 0 aliphatic rings. The number of pyridine rings is 1. The lowest BCUT2D eigenvalue weighted by molar-refractivity contribution is 0.215. The molecule has 6 heteroatoms. The molecule has 0 aliphatic heterocycles. The average molecular weight is 217 g/mol. The summed E-state index contributed by atoms with van der Waals surface area (Å²) >= 11 is 0. The number of aromatic nitrogens is 1. The molecule has 0 bridgehead atoms. The number of hydrogen-bond donors (Lipinski definition) is 1. The molecule has 1 rings (SSSR count). The van der Waals surface area contributed by atoms with Crippen molar-refractivity contribution in [3.8, 4) is 5.88 Å². The van der Waals surface area contributed by atoms with Crippen LogP contribution in [0.5, 0.6) is 5.88 Å². The monoisotopic (exact) mass is 217 g/mol. The summed E-state index contributed by atoms with van der Waals surface area (Å²) in [5, 5.41) is 8.89. The van der Waals surface area contributed by atoms with E-state index in [2.05, 4.69) is 9.17 Å². The van der Waals surface area contributed by atoms with Gasteiger partial charge < -0.3 is 9.29 Å². The molecule has 0 amide bonds. The molecule has 1 N–H and O–H groups in total. The Kier molecular flexibility index (Phi) is 3.43. The summed E-state index contributed by atoms with van der Waals surface area (Å²) in [6.45, 7) is 1.37. The Hall–Kier alpha value is -1.14. The van der Waals surface area contributed by atoms with Crippen LogP contribution in [-0.2, 0) is 10.1 Å². The van der Waals surface area contributed by atoms with Crippen LogP contribution in [0.2, 0.25) is 0 Å². The molecule has 1 aromatic heterocycles. The summed E-state index contributed by atoms with van der Waals surface area (Å²) in [5.41, 5.74) is 0. The maximum Gasteiger partial charge on any atom is 0.313 e. The first-order chi connectivity index (χ1) is 6.49. The van der Waals surface area contributed by atoms with Crippen LogP contribution in [0.1, 0.15) is 6.92 Å². The Balaban J connectivity index is 2.70. The highest BCUT2D eigenvalue weighted by Gasteiger charge is 2.16. The van der Waals surface area contributed by atoms with Crippen LogP contribution in [0.15, 0.2) is 24.4 Å². The molecule has 0 spiro atoms. The van der Waals surface area contributed by atoms with Gasteiger partial charge in [0.25, 0.3) is 0 Å². The molecule has 1 unspecified atom stereocenters. The van der Waals surface area contributed by atoms with Gasteiger partial charge >= 0.3 is 10.1 Å². The fraction of sp³-hybridized carbons (Fsp3) is 0.375. The Morgan fingerprint density at radius 3 is 2.79 bits per heavy atom. The molecule has 0 radical (unpaired) electrons. The molecule has 1 aromatic rings. The van der Waals surface area contributed by atoms with Crippen LogP contribution in [0.25, 0.3) is 0 Å². The van der Waals surface area contributed by atoms with Gasteiger partial charge in [0.15, 0.2) is 0 Å². The minimum Gasteiger partial charge on any atom is -0.392 e. The van der Waals surface area contributed by atoms with Gasteiger partial charge in [-0.1, -0.05) is 6.07 Å². The predicted molar refractivity (Wildman–Crippen MR) is 50.3 cm³/mol. The molecule has 0 fully saturated rings. The van der Waals surface area contributed by atoms with Gasteiger partial charge in [0.05, 0.1) is 6.10 Å². The van der Waals surface area contributed by atoms with Crippen LogP contribution in [0.3, 0.4) is 0 Å². The van der Waals surface area contributed by atoms with E-state index in [4.69, 9.17) is 5.11 Å². The van der Waals surface area contributed by atoms with Crippen molar-refractivity contribution in [2.45, 2.75) is 13.0 Å². The average Bonchev–Trinajstić information content (AvgIpc) is 2.02. The van der Waals surface area contributed by atoms with Gasteiger partial charge in [0.1, 0.15) is 5.75 Å². The summed E-state index contributed by atoms with van der Waals surface area (Å²) in [4.78, 5) is 3.69. The van der Waals surface area contributed by atoms with Gasteiger partial charge in [0.2, 0.25) is 5.88 Å². The summed E-state index contributed by atoms with van der Waals surface area (Å²) in [6.07, 6.45) is 0.469. The zero-order valence-electron chi connectivity index (χ0n) is 7.62. The second kappa shape index (κ2) is 4.39. The Morgan fingerprint density at radius 2 is 2.29 bits per heavy atom. The molecular formula is C8H11NO4S. The van der Waals surface area contributed by atoms with Gasteiger partial charge in [-0.25, -0.2) is 4.98 Å². The standard InChI is InChI=1S/C8H11NO4S/c1-7(10)6-14(11,12)13-8-4-2-3-5-9-8/h2-5,7,10H,6H2,1H3. The number of aliphatic hydroxyl groups is 1. The maximum absolute atomic E-state index is 11.2. The van der Waals surface area contributed by atoms with Crippen LogP contribution >= 0.6 is 0 Å². The van der Waals surface area contributed by atoms with Gasteiger partial charge in [-0.3, -0.25) is 0 Å². The van der Waals surface area contributed by atoms with E-state index in [9.17, 15) is 8.42 Å². The van der Waals surface area contributed by atoms with E-state index < -0.39 is 22.0 Å². The van der Waals surface area contributed by atoms with Crippen LogP contribution in [-0.4, -0.2) is 30.4 Å². The fourth-order valence-electron chi connectivity index (χ4n) is 0.856. The van der Waals surface area contributed by atoms with Crippen LogP contribution in [0, 0.1) is 0 Å². The largest absolute Gasteiger partial charge is 0.392 e. The zero-order chi connectivity index (χ0) is 10.6. The van der Waals surface area contributed by atoms with E-state index in [-0.39, 0.29) is 5.88 Å². The highest BCUT2D eigenvalue weighted by Crippen LogP contribution is 2.08. The first-order valence-corrected chi connectivity index (χ1v) is 5.58. The van der Waals surface area contributed by atoms with Crippen molar-refractivity contribution >= 4 is 10.1 Å². The number of rotatable bonds is 4. The highest BCUT2D eigenvalue weighted by molar-refractivity contribution is 7.87. The van der Waals surface area contributed by atoms with E-state index in [1.165, 1.54) is 19.2 Å². The lowest BCUT2D eigenvalue weighted by atomic mass is 10.5. The number of aliphatic hydroxyl groups excluding tert-OH is 1. The van der Waals surface area contributed by atoms with Crippen LogP contribution < -0.4 is 4.18 Å². The first kappa shape index (κ1) is 10.9. The van der Waals surface area contributed by atoms with Gasteiger partial charge in [0, 0.05) is 12.3 Å². The van der Waals surface area contributed by atoms with Crippen molar-refractivity contribution in [1.29, 1.82) is 0 Å². The minimum absolute atomic E-state index is 0.00755. The van der Waals surface area contributed by atoms with Crippen molar-refractivity contribution < 1.29 is 17.7 Å². The molecule has 1 heterocycles. The van der Waals surface area contributed by atoms with Crippen LogP contribution in [0.4, 0.5) is 0 Å². The summed E-state index contributed by atoms with van der Waals surface area (Å²) < 4.78 is 27.0. The number of nitrogens with zero attached hydrogens (tertiary/aromatic N) is 1. The fourth-order valence-corrected chi connectivity index (χ4v) is 1.87. The van der Waals surface area contributed by atoms with Gasteiger partial charge in [-0.15, -0.1) is 0 Å². The lowest BCUT2D eigenvalue weighted by Gasteiger charge is -2.06. The quantitative estimate of drug-likeness (QED) is 0.727. The molecule has 14 heavy (non-hydrogen) atoms. The summed E-state index contributed by atoms with van der Waals surface area (Å²) in [5.74, 6) is -0.433. The van der Waals surface area contributed by atoms with E-state index in [0.717, 1.165) is 0 Å². The normalized spacial score (nSPS) is 13.6. The van der Waals surface area contributed by atoms with Crippen molar-refractivity contribution in [2.24, 2.45) is 0 Å². The SMILES string of the molecule is CC(O)CS(=O)(=O)Oc1ccccn1. The Bertz CT molecular complexity index is 374. The molecular weight excluding hydrogens is 206 g/mol. The van der Waals surface area contributed by atoms with Gasteiger partial charge in [-0.05, 0) is 13.0 Å². The summed E-state index contributed by atoms with van der Waals surface area (Å²) in [7, 11) is -3.75. The van der Waals surface area contributed by atoms with E-state index in [1.807, 2.05) is 0 Å². The van der Waals surface area contributed by atoms with Crippen molar-refractivity contribution in [2.75, 3.05) is 5.75 Å². The molecule has 1 atom stereocenters. The number of hydrogen-bond acceptors (Lipinski definition) is 5. The molecule has 0 saturated carbocycles. The predicted octanol–water partition coefficient (Wildman–Crippen LogP) is 0.171. The van der Waals surface area contributed by atoms with E-state index in [1.54, 1.807) is 12.1 Å². The molecule has 0 saturated heterocycles. The second-order valence-electron chi connectivity index (χ2n) is 2.82. The Morgan fingerprint density at radius 1 is 1.57 bits per heavy atom. The van der Waals surface area contributed by atoms with E-state index in [0.29, 0.717) is 0 Å². The highest BCUT2D eigenvalue weighted by atomic mass is 32.2. The smallest absolute Gasteiger partial charge is 0.313 e. The molecule has 5 nitrogen and oxygen atoms in total. The first-order valence-electron chi connectivity index (χ1n) is 4.01. The minimum atomic E-state index is -3.75. The third-order valence-corrected chi connectivity index (χ3v) is 2.61.